The van der Waals surface area contributed by atoms with E-state index in [4.69, 9.17) is 9.47 Å². The molecule has 5 saturated carbocycles. The molecule has 1 saturated heterocycles. The molecule has 0 aromatic carbocycles. The van der Waals surface area contributed by atoms with Crippen molar-refractivity contribution in [3.8, 4) is 0 Å². The van der Waals surface area contributed by atoms with Crippen LogP contribution >= 0.6 is 0 Å². The largest absolute Gasteiger partial charge is 0.392 e. The molecule has 1 heterocycles. The van der Waals surface area contributed by atoms with Crippen LogP contribution in [0, 0.1) is 40.4 Å². The van der Waals surface area contributed by atoms with Gasteiger partial charge in [0, 0.05) is 62.3 Å². The topological polar surface area (TPSA) is 82.4 Å². The minimum atomic E-state index is -1.01. The number of ether oxygens (including phenoxy) is 2. The van der Waals surface area contributed by atoms with E-state index in [9.17, 15) is 15.3 Å². The number of piperidine rings is 1. The van der Waals surface area contributed by atoms with Gasteiger partial charge in [-0.1, -0.05) is 13.8 Å². The molecule has 164 valence electrons. The van der Waals surface area contributed by atoms with Crippen molar-refractivity contribution in [2.24, 2.45) is 40.4 Å². The van der Waals surface area contributed by atoms with Gasteiger partial charge in [0.2, 0.25) is 0 Å². The maximum Gasteiger partial charge on any atom is 0.0796 e. The van der Waals surface area contributed by atoms with Gasteiger partial charge in [0.15, 0.2) is 0 Å². The molecule has 7 bridgehead atoms. The summed E-state index contributed by atoms with van der Waals surface area (Å²) in [6.07, 6.45) is 2.05. The predicted molar refractivity (Wildman–Crippen MR) is 106 cm³/mol. The molecule has 6 rings (SSSR count). The Morgan fingerprint density at radius 1 is 1.14 bits per heavy atom. The Labute approximate surface area is 173 Å². The molecule has 2 unspecified atom stereocenters. The van der Waals surface area contributed by atoms with Gasteiger partial charge in [0.05, 0.1) is 30.0 Å². The number of hydrogen-bond acceptors (Lipinski definition) is 6. The van der Waals surface area contributed by atoms with Crippen molar-refractivity contribution < 1.29 is 24.8 Å². The van der Waals surface area contributed by atoms with Crippen molar-refractivity contribution >= 4 is 0 Å². The minimum absolute atomic E-state index is 0.0566. The standard InChI is InChI=1S/C23H37NO5/c1-5-24-10-21(2)7-6-14(25)23-12-8-11-13(28-3)9-22(27,15(12)17(11)26)16(20(23)24)18(29-4)19(21)23/h11-20,25-27H,5-10H2,1-4H3/t11-,12-,13+,14+,15-,16?,17+,18-,19?,20-,21+,22-,23+/m1/s1. The Balaban J connectivity index is 1.63. The lowest BCUT2D eigenvalue weighted by molar-refractivity contribution is -0.266. The molecule has 6 fully saturated rings. The maximum absolute atomic E-state index is 12.4. The molecule has 1 spiro atoms. The van der Waals surface area contributed by atoms with Gasteiger partial charge in [0.25, 0.3) is 0 Å². The summed E-state index contributed by atoms with van der Waals surface area (Å²) in [6, 6.07) is 0.110. The number of hydrogen-bond donors (Lipinski definition) is 3. The van der Waals surface area contributed by atoms with Crippen LogP contribution in [-0.2, 0) is 9.47 Å². The predicted octanol–water partition coefficient (Wildman–Crippen LogP) is 0.876. The van der Waals surface area contributed by atoms with Gasteiger partial charge >= 0.3 is 0 Å². The van der Waals surface area contributed by atoms with Gasteiger partial charge in [-0.15, -0.1) is 0 Å². The Bertz CT molecular complexity index is 719. The average Bonchev–Trinajstić information content (AvgIpc) is 3.11. The molecule has 6 aliphatic rings. The van der Waals surface area contributed by atoms with Gasteiger partial charge in [-0.3, -0.25) is 4.90 Å². The number of aliphatic hydroxyl groups excluding tert-OH is 2. The van der Waals surface area contributed by atoms with Crippen LogP contribution < -0.4 is 0 Å². The lowest BCUT2D eigenvalue weighted by Crippen LogP contribution is -2.75. The molecule has 13 atom stereocenters. The second kappa shape index (κ2) is 5.76. The van der Waals surface area contributed by atoms with Gasteiger partial charge in [-0.05, 0) is 37.1 Å². The first kappa shape index (κ1) is 19.4. The first-order valence-electron chi connectivity index (χ1n) is 11.7. The fourth-order valence-electron chi connectivity index (χ4n) is 10.4. The van der Waals surface area contributed by atoms with Crippen molar-refractivity contribution in [3.05, 3.63) is 0 Å². The lowest BCUT2D eigenvalue weighted by Gasteiger charge is -2.68. The van der Waals surface area contributed by atoms with E-state index in [1.807, 2.05) is 0 Å². The van der Waals surface area contributed by atoms with Crippen LogP contribution in [0.2, 0.25) is 0 Å². The highest BCUT2D eigenvalue weighted by Crippen LogP contribution is 2.79. The summed E-state index contributed by atoms with van der Waals surface area (Å²) in [7, 11) is 3.49. The molecule has 0 aromatic heterocycles. The molecule has 6 nitrogen and oxygen atoms in total. The monoisotopic (exact) mass is 407 g/mol. The van der Waals surface area contributed by atoms with Gasteiger partial charge in [0.1, 0.15) is 0 Å². The summed E-state index contributed by atoms with van der Waals surface area (Å²) in [4.78, 5) is 2.55. The second-order valence-electron chi connectivity index (χ2n) is 11.4. The first-order valence-corrected chi connectivity index (χ1v) is 11.7. The third kappa shape index (κ3) is 1.85. The summed E-state index contributed by atoms with van der Waals surface area (Å²) in [5.41, 5.74) is -1.24. The fraction of sp³-hybridized carbons (Fsp3) is 1.00. The molecule has 6 heteroatoms. The molecule has 5 aliphatic carbocycles. The van der Waals surface area contributed by atoms with Crippen LogP contribution in [0.3, 0.4) is 0 Å². The van der Waals surface area contributed by atoms with E-state index in [1.54, 1.807) is 14.2 Å². The van der Waals surface area contributed by atoms with Crippen LogP contribution in [0.25, 0.3) is 0 Å². The highest BCUT2D eigenvalue weighted by atomic mass is 16.5. The van der Waals surface area contributed by atoms with Gasteiger partial charge in [-0.2, -0.15) is 0 Å². The minimum Gasteiger partial charge on any atom is -0.392 e. The number of fused-ring (bicyclic) bond motifs is 2. The summed E-state index contributed by atoms with van der Waals surface area (Å²) in [6.45, 7) is 6.52. The van der Waals surface area contributed by atoms with Crippen molar-refractivity contribution in [1.82, 2.24) is 4.90 Å². The van der Waals surface area contributed by atoms with Crippen LogP contribution in [-0.4, -0.2) is 83.6 Å². The quantitative estimate of drug-likeness (QED) is 0.644. The molecule has 0 amide bonds. The number of methoxy groups -OCH3 is 2. The summed E-state index contributed by atoms with van der Waals surface area (Å²) in [5, 5.41) is 35.4. The smallest absolute Gasteiger partial charge is 0.0796 e. The Kier molecular flexibility index (Phi) is 3.86. The Hall–Kier alpha value is -0.240. The van der Waals surface area contributed by atoms with E-state index in [0.29, 0.717) is 6.42 Å². The zero-order valence-corrected chi connectivity index (χ0v) is 18.1. The van der Waals surface area contributed by atoms with Crippen LogP contribution in [0.15, 0.2) is 0 Å². The number of rotatable bonds is 3. The zero-order valence-electron chi connectivity index (χ0n) is 18.1. The van der Waals surface area contributed by atoms with E-state index in [2.05, 4.69) is 18.7 Å². The number of likely N-dealkylation sites (tertiary alicyclic amines) is 1. The Morgan fingerprint density at radius 2 is 1.90 bits per heavy atom. The van der Waals surface area contributed by atoms with Crippen LogP contribution in [0.4, 0.5) is 0 Å². The normalized spacial score (nSPS) is 65.1. The molecular weight excluding hydrogens is 370 g/mol. The highest BCUT2D eigenvalue weighted by Gasteiger charge is 2.85. The van der Waals surface area contributed by atoms with Crippen molar-refractivity contribution in [2.75, 3.05) is 27.3 Å². The third-order valence-corrected chi connectivity index (χ3v) is 10.9. The van der Waals surface area contributed by atoms with Crippen molar-refractivity contribution in [1.29, 1.82) is 0 Å². The first-order chi connectivity index (χ1) is 13.8. The van der Waals surface area contributed by atoms with E-state index in [0.717, 1.165) is 32.4 Å². The fourth-order valence-corrected chi connectivity index (χ4v) is 10.4. The van der Waals surface area contributed by atoms with Gasteiger partial charge in [-0.25, -0.2) is 0 Å². The van der Waals surface area contributed by atoms with Crippen LogP contribution in [0.1, 0.15) is 39.5 Å². The van der Waals surface area contributed by atoms with Crippen LogP contribution in [0.5, 0.6) is 0 Å². The highest BCUT2D eigenvalue weighted by molar-refractivity contribution is 5.35. The molecular formula is C23H37NO5. The number of aliphatic hydroxyl groups is 3. The zero-order chi connectivity index (χ0) is 20.5. The summed E-state index contributed by atoms with van der Waals surface area (Å²) in [5.74, 6) is 0.119. The molecule has 3 N–H and O–H groups in total. The average molecular weight is 408 g/mol. The molecule has 1 aliphatic heterocycles. The van der Waals surface area contributed by atoms with Crippen molar-refractivity contribution in [2.45, 2.75) is 75.6 Å². The second-order valence-corrected chi connectivity index (χ2v) is 11.4. The van der Waals surface area contributed by atoms with E-state index in [1.165, 1.54) is 0 Å². The van der Waals surface area contributed by atoms with E-state index < -0.39 is 17.8 Å². The molecule has 0 aromatic rings. The summed E-state index contributed by atoms with van der Waals surface area (Å²) < 4.78 is 12.1. The maximum atomic E-state index is 12.4. The lowest BCUT2D eigenvalue weighted by atomic mass is 9.43. The third-order valence-electron chi connectivity index (χ3n) is 10.9. The van der Waals surface area contributed by atoms with Crippen molar-refractivity contribution in [3.63, 3.8) is 0 Å². The summed E-state index contributed by atoms with van der Waals surface area (Å²) >= 11 is 0. The van der Waals surface area contributed by atoms with E-state index in [-0.39, 0.29) is 58.7 Å². The van der Waals surface area contributed by atoms with E-state index >= 15 is 0 Å². The molecule has 29 heavy (non-hydrogen) atoms. The number of nitrogens with zero attached hydrogens (tertiary/aromatic N) is 1. The SMILES string of the molecule is CCN1C[C@]2(C)CC[C@H](O)[C@@]34C2[C@H](OC)C([C@@H]13)[C@@]1(O)C[C@H](OC)[C@H]2C[C@@H]4[C@@H]1[C@H]2O. The Morgan fingerprint density at radius 3 is 2.55 bits per heavy atom. The molecule has 0 radical (unpaired) electrons. The van der Waals surface area contributed by atoms with Gasteiger partial charge < -0.3 is 24.8 Å².